The molecule has 0 heterocycles. The average Bonchev–Trinajstić information content (AvgIpc) is 2.12. The number of hydrogen-bond donors (Lipinski definition) is 0. The van der Waals surface area contributed by atoms with Crippen molar-refractivity contribution >= 4 is 22.6 Å². The van der Waals surface area contributed by atoms with E-state index in [1.54, 1.807) is 0 Å². The van der Waals surface area contributed by atoms with Gasteiger partial charge < -0.3 is 0 Å². The molecular weight excluding hydrogens is 259 g/mol. The van der Waals surface area contributed by atoms with Gasteiger partial charge in [-0.2, -0.15) is 0 Å². The van der Waals surface area contributed by atoms with E-state index in [9.17, 15) is 0 Å². The highest BCUT2D eigenvalue weighted by Crippen LogP contribution is 2.35. The molecule has 0 aliphatic heterocycles. The number of halogens is 1. The smallest absolute Gasteiger partial charge is 0.0359 e. The van der Waals surface area contributed by atoms with E-state index in [0.717, 1.165) is 9.84 Å². The van der Waals surface area contributed by atoms with Crippen LogP contribution in [0.1, 0.15) is 40.7 Å². The summed E-state index contributed by atoms with van der Waals surface area (Å²) in [7, 11) is 0. The van der Waals surface area contributed by atoms with Gasteiger partial charge >= 0.3 is 0 Å². The molecule has 2 unspecified atom stereocenters. The van der Waals surface area contributed by atoms with Crippen molar-refractivity contribution in [2.24, 2.45) is 0 Å². The zero-order chi connectivity index (χ0) is 8.55. The molecule has 2 aliphatic carbocycles. The molecule has 2 aliphatic rings. The van der Waals surface area contributed by atoms with Crippen molar-refractivity contribution in [1.82, 2.24) is 0 Å². The molecule has 1 aromatic carbocycles. The minimum atomic E-state index is 0.722. The minimum absolute atomic E-state index is 0.722. The molecule has 2 atom stereocenters. The summed E-state index contributed by atoms with van der Waals surface area (Å²) >= 11 is 2.55. The first-order valence-corrected chi connectivity index (χ1v) is 5.76. The van der Waals surface area contributed by atoms with Crippen LogP contribution in [-0.4, -0.2) is 0 Å². The Morgan fingerprint density at radius 1 is 1.08 bits per heavy atom. The third kappa shape index (κ3) is 1.51. The van der Waals surface area contributed by atoms with Crippen molar-refractivity contribution in [3.8, 4) is 0 Å². The molecule has 1 heteroatoms. The van der Waals surface area contributed by atoms with Crippen LogP contribution < -0.4 is 0 Å². The molecule has 12 heavy (non-hydrogen) atoms. The van der Waals surface area contributed by atoms with Gasteiger partial charge in [0, 0.05) is 3.92 Å². The summed E-state index contributed by atoms with van der Waals surface area (Å²) < 4.78 is 0.722. The Bertz CT molecular complexity index is 234. The van der Waals surface area contributed by atoms with E-state index in [1.165, 1.54) is 24.0 Å². The van der Waals surface area contributed by atoms with Crippen LogP contribution in [0.5, 0.6) is 0 Å². The molecule has 0 aromatic heterocycles. The second-order valence-corrected chi connectivity index (χ2v) is 5.12. The number of benzene rings is 1. The molecule has 0 nitrogen and oxygen atoms in total. The van der Waals surface area contributed by atoms with Crippen molar-refractivity contribution in [2.45, 2.75) is 29.6 Å². The first-order chi connectivity index (χ1) is 5.77. The van der Waals surface area contributed by atoms with Crippen LogP contribution >= 0.6 is 22.6 Å². The van der Waals surface area contributed by atoms with Gasteiger partial charge in [-0.1, -0.05) is 53.8 Å². The molecule has 2 bridgehead atoms. The molecular formula is C11H13I. The van der Waals surface area contributed by atoms with Crippen LogP contribution in [0.4, 0.5) is 0 Å². The summed E-state index contributed by atoms with van der Waals surface area (Å²) in [4.78, 5) is 0. The van der Waals surface area contributed by atoms with Crippen molar-refractivity contribution in [2.75, 3.05) is 0 Å². The second-order valence-electron chi connectivity index (χ2n) is 3.61. The lowest BCUT2D eigenvalue weighted by Gasteiger charge is -2.20. The SMILES string of the molecule is CC1CCC(I)c2ccc1cc2. The molecule has 0 saturated heterocycles. The number of rotatable bonds is 0. The topological polar surface area (TPSA) is 0 Å². The summed E-state index contributed by atoms with van der Waals surface area (Å²) in [5, 5.41) is 0. The lowest BCUT2D eigenvalue weighted by Crippen LogP contribution is -2.01. The van der Waals surface area contributed by atoms with E-state index < -0.39 is 0 Å². The molecule has 1 aromatic rings. The maximum atomic E-state index is 2.55. The Hall–Kier alpha value is -0.0500. The minimum Gasteiger partial charge on any atom is -0.0774 e. The van der Waals surface area contributed by atoms with Crippen molar-refractivity contribution in [3.63, 3.8) is 0 Å². The lowest BCUT2D eigenvalue weighted by atomic mass is 9.90. The van der Waals surface area contributed by atoms with E-state index in [4.69, 9.17) is 0 Å². The molecule has 3 rings (SSSR count). The predicted octanol–water partition coefficient (Wildman–Crippen LogP) is 4.06. The van der Waals surface area contributed by atoms with Gasteiger partial charge in [-0.3, -0.25) is 0 Å². The van der Waals surface area contributed by atoms with Crippen molar-refractivity contribution in [1.29, 1.82) is 0 Å². The Labute approximate surface area is 87.5 Å². The maximum absolute atomic E-state index is 2.55. The predicted molar refractivity (Wildman–Crippen MR) is 60.9 cm³/mol. The molecule has 0 fully saturated rings. The van der Waals surface area contributed by atoms with E-state index in [-0.39, 0.29) is 0 Å². The molecule has 0 saturated carbocycles. The van der Waals surface area contributed by atoms with Crippen LogP contribution in [0.3, 0.4) is 0 Å². The summed E-state index contributed by atoms with van der Waals surface area (Å²) in [6.07, 6.45) is 2.66. The third-order valence-corrected chi connectivity index (χ3v) is 4.06. The molecule has 64 valence electrons. The summed E-state index contributed by atoms with van der Waals surface area (Å²) in [5.74, 6) is 0.747. The van der Waals surface area contributed by atoms with Gasteiger partial charge in [0.2, 0.25) is 0 Å². The van der Waals surface area contributed by atoms with E-state index in [2.05, 4.69) is 53.8 Å². The highest BCUT2D eigenvalue weighted by Gasteiger charge is 2.15. The van der Waals surface area contributed by atoms with E-state index in [1.807, 2.05) is 0 Å². The molecule has 0 radical (unpaired) electrons. The fourth-order valence-corrected chi connectivity index (χ4v) is 2.54. The molecule has 0 amide bonds. The zero-order valence-electron chi connectivity index (χ0n) is 7.26. The van der Waals surface area contributed by atoms with Gasteiger partial charge in [0.1, 0.15) is 0 Å². The highest BCUT2D eigenvalue weighted by atomic mass is 127. The first-order valence-electron chi connectivity index (χ1n) is 4.51. The average molecular weight is 272 g/mol. The summed E-state index contributed by atoms with van der Waals surface area (Å²) in [6, 6.07) is 9.12. The van der Waals surface area contributed by atoms with Crippen LogP contribution in [0, 0.1) is 0 Å². The maximum Gasteiger partial charge on any atom is 0.0359 e. The van der Waals surface area contributed by atoms with Crippen LogP contribution in [0.2, 0.25) is 0 Å². The second kappa shape index (κ2) is 3.36. The molecule has 0 spiro atoms. The van der Waals surface area contributed by atoms with Crippen molar-refractivity contribution < 1.29 is 0 Å². The van der Waals surface area contributed by atoms with Gasteiger partial charge in [-0.15, -0.1) is 0 Å². The van der Waals surface area contributed by atoms with E-state index in [0.29, 0.717) is 0 Å². The normalized spacial score (nSPS) is 28.2. The van der Waals surface area contributed by atoms with Crippen LogP contribution in [-0.2, 0) is 0 Å². The fraction of sp³-hybridized carbons (Fsp3) is 0.455. The summed E-state index contributed by atoms with van der Waals surface area (Å²) in [6.45, 7) is 2.32. The number of fused-ring (bicyclic) bond motifs is 5. The highest BCUT2D eigenvalue weighted by molar-refractivity contribution is 14.1. The zero-order valence-corrected chi connectivity index (χ0v) is 9.41. The van der Waals surface area contributed by atoms with Crippen LogP contribution in [0.15, 0.2) is 24.3 Å². The quantitative estimate of drug-likeness (QED) is 0.493. The molecule has 0 N–H and O–H groups in total. The Balaban J connectivity index is 2.43. The Morgan fingerprint density at radius 3 is 2.33 bits per heavy atom. The largest absolute Gasteiger partial charge is 0.0774 e. The van der Waals surface area contributed by atoms with Gasteiger partial charge in [0.25, 0.3) is 0 Å². The Morgan fingerprint density at radius 2 is 1.67 bits per heavy atom. The van der Waals surface area contributed by atoms with Gasteiger partial charge in [0.05, 0.1) is 0 Å². The first kappa shape index (κ1) is 8.54. The van der Waals surface area contributed by atoms with Gasteiger partial charge in [0.15, 0.2) is 0 Å². The Kier molecular flexibility index (Phi) is 2.40. The van der Waals surface area contributed by atoms with Gasteiger partial charge in [-0.05, 0) is 29.9 Å². The number of hydrogen-bond acceptors (Lipinski definition) is 0. The van der Waals surface area contributed by atoms with Crippen molar-refractivity contribution in [3.05, 3.63) is 35.4 Å². The standard InChI is InChI=1S/C11H13I/c1-8-2-7-11(12)10-5-3-9(8)4-6-10/h3-6,8,11H,2,7H2,1H3. The number of alkyl halides is 1. The monoisotopic (exact) mass is 272 g/mol. The summed E-state index contributed by atoms with van der Waals surface area (Å²) in [5.41, 5.74) is 2.99. The fourth-order valence-electron chi connectivity index (χ4n) is 1.76. The third-order valence-electron chi connectivity index (χ3n) is 2.72. The van der Waals surface area contributed by atoms with E-state index >= 15 is 0 Å². The van der Waals surface area contributed by atoms with Gasteiger partial charge in [-0.25, -0.2) is 0 Å². The lowest BCUT2D eigenvalue weighted by molar-refractivity contribution is 0.626. The van der Waals surface area contributed by atoms with Crippen LogP contribution in [0.25, 0.3) is 0 Å².